The number of alkyl halides is 1. The minimum absolute atomic E-state index is 0.0532. The zero-order valence-electron chi connectivity index (χ0n) is 8.11. The molecule has 0 aliphatic heterocycles. The summed E-state index contributed by atoms with van der Waals surface area (Å²) in [4.78, 5) is 11.0. The van der Waals surface area contributed by atoms with Gasteiger partial charge in [-0.25, -0.2) is 0 Å². The van der Waals surface area contributed by atoms with Crippen molar-refractivity contribution in [2.45, 2.75) is 33.6 Å². The van der Waals surface area contributed by atoms with E-state index in [1.807, 2.05) is 20.8 Å². The van der Waals surface area contributed by atoms with Gasteiger partial charge >= 0.3 is 0 Å². The van der Waals surface area contributed by atoms with Crippen molar-refractivity contribution < 1.29 is 9.18 Å². The third-order valence-electron chi connectivity index (χ3n) is 1.35. The molecule has 0 radical (unpaired) electrons. The van der Waals surface area contributed by atoms with Gasteiger partial charge in [-0.2, -0.15) is 0 Å². The molecule has 0 bridgehead atoms. The Morgan fingerprint density at radius 2 is 2.00 bits per heavy atom. The molecular formula is C9H18FNO. The average Bonchev–Trinajstić information content (AvgIpc) is 1.95. The van der Waals surface area contributed by atoms with E-state index in [-0.39, 0.29) is 11.3 Å². The third-order valence-corrected chi connectivity index (χ3v) is 1.35. The average molecular weight is 175 g/mol. The lowest BCUT2D eigenvalue weighted by Gasteiger charge is -2.18. The minimum atomic E-state index is -0.414. The van der Waals surface area contributed by atoms with Crippen molar-refractivity contribution in [2.24, 2.45) is 5.41 Å². The summed E-state index contributed by atoms with van der Waals surface area (Å²) in [5.74, 6) is -0.0532. The van der Waals surface area contributed by atoms with Crippen molar-refractivity contribution >= 4 is 5.91 Å². The van der Waals surface area contributed by atoms with Crippen LogP contribution in [0.1, 0.15) is 33.6 Å². The Balaban J connectivity index is 3.44. The second kappa shape index (κ2) is 5.12. The van der Waals surface area contributed by atoms with Gasteiger partial charge in [0.1, 0.15) is 0 Å². The highest BCUT2D eigenvalue weighted by molar-refractivity contribution is 5.75. The maximum Gasteiger partial charge on any atom is 0.220 e. The molecule has 0 aliphatic carbocycles. The molecule has 0 spiro atoms. The quantitative estimate of drug-likeness (QED) is 0.694. The van der Waals surface area contributed by atoms with Crippen LogP contribution in [0.3, 0.4) is 0 Å². The van der Waals surface area contributed by atoms with Gasteiger partial charge in [-0.1, -0.05) is 20.8 Å². The van der Waals surface area contributed by atoms with Gasteiger partial charge in [0.25, 0.3) is 0 Å². The van der Waals surface area contributed by atoms with Gasteiger partial charge in [-0.15, -0.1) is 0 Å². The normalized spacial score (nSPS) is 11.3. The van der Waals surface area contributed by atoms with Crippen molar-refractivity contribution in [3.63, 3.8) is 0 Å². The molecule has 0 aromatic carbocycles. The van der Waals surface area contributed by atoms with Crippen molar-refractivity contribution in [3.8, 4) is 0 Å². The summed E-state index contributed by atoms with van der Waals surface area (Å²) in [5.41, 5.74) is 0.103. The maximum atomic E-state index is 11.6. The zero-order chi connectivity index (χ0) is 9.61. The molecule has 1 N–H and O–H groups in total. The van der Waals surface area contributed by atoms with Crippen molar-refractivity contribution in [1.82, 2.24) is 5.32 Å². The molecule has 0 aromatic rings. The SMILES string of the molecule is CC(C)(C)CNC(=O)CCCF. The van der Waals surface area contributed by atoms with E-state index in [0.717, 1.165) is 0 Å². The smallest absolute Gasteiger partial charge is 0.220 e. The number of amides is 1. The van der Waals surface area contributed by atoms with Gasteiger partial charge in [0, 0.05) is 13.0 Å². The number of rotatable bonds is 4. The molecule has 0 heterocycles. The fourth-order valence-electron chi connectivity index (χ4n) is 0.680. The standard InChI is InChI=1S/C9H18FNO/c1-9(2,3)7-11-8(12)5-4-6-10/h4-7H2,1-3H3,(H,11,12). The third kappa shape index (κ3) is 7.51. The number of carbonyl (C=O) groups excluding carboxylic acids is 1. The highest BCUT2D eigenvalue weighted by Gasteiger charge is 2.11. The highest BCUT2D eigenvalue weighted by atomic mass is 19.1. The van der Waals surface area contributed by atoms with E-state index in [9.17, 15) is 9.18 Å². The summed E-state index contributed by atoms with van der Waals surface area (Å²) in [5, 5.41) is 2.75. The molecule has 2 nitrogen and oxygen atoms in total. The van der Waals surface area contributed by atoms with Gasteiger partial charge in [-0.05, 0) is 11.8 Å². The van der Waals surface area contributed by atoms with Crippen LogP contribution in [0, 0.1) is 5.41 Å². The van der Waals surface area contributed by atoms with E-state index in [1.54, 1.807) is 0 Å². The zero-order valence-corrected chi connectivity index (χ0v) is 8.11. The van der Waals surface area contributed by atoms with Crippen molar-refractivity contribution in [3.05, 3.63) is 0 Å². The first-order chi connectivity index (χ1) is 5.45. The van der Waals surface area contributed by atoms with Gasteiger partial charge in [0.15, 0.2) is 0 Å². The summed E-state index contributed by atoms with van der Waals surface area (Å²) >= 11 is 0. The summed E-state index contributed by atoms with van der Waals surface area (Å²) in [6.45, 7) is 6.37. The van der Waals surface area contributed by atoms with Crippen LogP contribution in [0.15, 0.2) is 0 Å². The number of hydrogen-bond donors (Lipinski definition) is 1. The summed E-state index contributed by atoms with van der Waals surface area (Å²) in [7, 11) is 0. The van der Waals surface area contributed by atoms with E-state index in [2.05, 4.69) is 5.32 Å². The van der Waals surface area contributed by atoms with Crippen LogP contribution in [-0.4, -0.2) is 19.1 Å². The number of hydrogen-bond acceptors (Lipinski definition) is 1. The fourth-order valence-corrected chi connectivity index (χ4v) is 0.680. The van der Waals surface area contributed by atoms with Crippen LogP contribution >= 0.6 is 0 Å². The Kier molecular flexibility index (Phi) is 4.86. The Morgan fingerprint density at radius 1 is 1.42 bits per heavy atom. The van der Waals surface area contributed by atoms with Gasteiger partial charge in [0.2, 0.25) is 5.91 Å². The molecule has 0 unspecified atom stereocenters. The van der Waals surface area contributed by atoms with E-state index >= 15 is 0 Å². The first kappa shape index (κ1) is 11.4. The second-order valence-electron chi connectivity index (χ2n) is 4.13. The second-order valence-corrected chi connectivity index (χ2v) is 4.13. The summed E-state index contributed by atoms with van der Waals surface area (Å²) < 4.78 is 11.6. The topological polar surface area (TPSA) is 29.1 Å². The van der Waals surface area contributed by atoms with E-state index in [4.69, 9.17) is 0 Å². The molecule has 0 aliphatic rings. The lowest BCUT2D eigenvalue weighted by molar-refractivity contribution is -0.121. The Labute approximate surface area is 73.5 Å². The molecule has 0 atom stereocenters. The van der Waals surface area contributed by atoms with Crippen LogP contribution in [-0.2, 0) is 4.79 Å². The molecule has 1 amide bonds. The number of halogens is 1. The molecule has 0 saturated heterocycles. The molecule has 12 heavy (non-hydrogen) atoms. The van der Waals surface area contributed by atoms with E-state index in [1.165, 1.54) is 0 Å². The first-order valence-corrected chi connectivity index (χ1v) is 4.28. The monoisotopic (exact) mass is 175 g/mol. The Morgan fingerprint density at radius 3 is 2.42 bits per heavy atom. The van der Waals surface area contributed by atoms with Gasteiger partial charge < -0.3 is 5.32 Å². The van der Waals surface area contributed by atoms with Crippen LogP contribution in [0.5, 0.6) is 0 Å². The van der Waals surface area contributed by atoms with Crippen LogP contribution < -0.4 is 5.32 Å². The first-order valence-electron chi connectivity index (χ1n) is 4.28. The van der Waals surface area contributed by atoms with Crippen LogP contribution in [0.2, 0.25) is 0 Å². The summed E-state index contributed by atoms with van der Waals surface area (Å²) in [6.07, 6.45) is 0.628. The predicted octanol–water partition coefficient (Wildman–Crippen LogP) is 1.90. The molecular weight excluding hydrogens is 157 g/mol. The molecule has 0 aromatic heterocycles. The number of carbonyl (C=O) groups is 1. The van der Waals surface area contributed by atoms with Crippen molar-refractivity contribution in [2.75, 3.05) is 13.2 Å². The molecule has 0 fully saturated rings. The number of nitrogens with one attached hydrogen (secondary N) is 1. The molecule has 0 saturated carbocycles. The predicted molar refractivity (Wildman–Crippen MR) is 47.7 cm³/mol. The van der Waals surface area contributed by atoms with Gasteiger partial charge in [0.05, 0.1) is 6.67 Å². The Hall–Kier alpha value is -0.600. The van der Waals surface area contributed by atoms with Crippen LogP contribution in [0.4, 0.5) is 4.39 Å². The maximum absolute atomic E-state index is 11.6. The molecule has 0 rings (SSSR count). The largest absolute Gasteiger partial charge is 0.356 e. The molecule has 72 valence electrons. The minimum Gasteiger partial charge on any atom is -0.356 e. The van der Waals surface area contributed by atoms with Crippen molar-refractivity contribution in [1.29, 1.82) is 0 Å². The summed E-state index contributed by atoms with van der Waals surface area (Å²) in [6, 6.07) is 0. The van der Waals surface area contributed by atoms with E-state index < -0.39 is 6.67 Å². The highest BCUT2D eigenvalue weighted by Crippen LogP contribution is 2.10. The van der Waals surface area contributed by atoms with Crippen LogP contribution in [0.25, 0.3) is 0 Å². The van der Waals surface area contributed by atoms with Gasteiger partial charge in [-0.3, -0.25) is 9.18 Å². The fraction of sp³-hybridized carbons (Fsp3) is 0.889. The lowest BCUT2D eigenvalue weighted by atomic mass is 9.97. The van der Waals surface area contributed by atoms with E-state index in [0.29, 0.717) is 19.4 Å². The molecule has 3 heteroatoms. The lowest BCUT2D eigenvalue weighted by Crippen LogP contribution is -2.32. The Bertz CT molecular complexity index is 140.